The molecule has 0 aliphatic heterocycles. The summed E-state index contributed by atoms with van der Waals surface area (Å²) >= 11 is 0. The van der Waals surface area contributed by atoms with Crippen LogP contribution in [0.1, 0.15) is 33.1 Å². The molecule has 0 heterocycles. The van der Waals surface area contributed by atoms with E-state index in [1.54, 1.807) is 0 Å². The topological polar surface area (TPSA) is 32.3 Å². The molecule has 1 aliphatic rings. The molecular formula is C10H19NO. The molecule has 0 radical (unpaired) electrons. The van der Waals surface area contributed by atoms with Gasteiger partial charge < -0.3 is 10.4 Å². The molecule has 0 spiro atoms. The first-order chi connectivity index (χ1) is 5.72. The summed E-state index contributed by atoms with van der Waals surface area (Å²) in [5, 5.41) is 12.2. The van der Waals surface area contributed by atoms with E-state index in [1.807, 2.05) is 6.92 Å². The van der Waals surface area contributed by atoms with Crippen LogP contribution in [-0.4, -0.2) is 23.8 Å². The maximum Gasteiger partial charge on any atom is 0.0582 e. The van der Waals surface area contributed by atoms with E-state index in [4.69, 9.17) is 5.11 Å². The summed E-state index contributed by atoms with van der Waals surface area (Å²) in [4.78, 5) is 0. The van der Waals surface area contributed by atoms with Crippen LogP contribution in [0.3, 0.4) is 0 Å². The number of nitrogens with one attached hydrogen (secondary N) is 1. The molecule has 12 heavy (non-hydrogen) atoms. The van der Waals surface area contributed by atoms with Gasteiger partial charge in [-0.2, -0.15) is 0 Å². The molecule has 1 rings (SSSR count). The van der Waals surface area contributed by atoms with Crippen LogP contribution >= 0.6 is 0 Å². The highest BCUT2D eigenvalue weighted by molar-refractivity contribution is 5.04. The number of aliphatic hydroxyl groups excluding tert-OH is 1. The van der Waals surface area contributed by atoms with Gasteiger partial charge in [0, 0.05) is 12.1 Å². The predicted octanol–water partition coefficient (Wildman–Crippen LogP) is 1.46. The van der Waals surface area contributed by atoms with Crippen molar-refractivity contribution in [3.63, 3.8) is 0 Å². The van der Waals surface area contributed by atoms with Gasteiger partial charge in [0.25, 0.3) is 0 Å². The molecule has 2 N–H and O–H groups in total. The fraction of sp³-hybridized carbons (Fsp3) is 0.800. The molecule has 0 aromatic heterocycles. The predicted molar refractivity (Wildman–Crippen MR) is 51.1 cm³/mol. The largest absolute Gasteiger partial charge is 0.395 e. The Kier molecular flexibility index (Phi) is 3.76. The average Bonchev–Trinajstić information content (AvgIpc) is 2.09. The van der Waals surface area contributed by atoms with E-state index in [-0.39, 0.29) is 12.6 Å². The van der Waals surface area contributed by atoms with Crippen molar-refractivity contribution in [2.45, 2.75) is 45.2 Å². The highest BCUT2D eigenvalue weighted by Crippen LogP contribution is 2.17. The molecule has 0 fully saturated rings. The van der Waals surface area contributed by atoms with Crippen LogP contribution in [0.25, 0.3) is 0 Å². The Morgan fingerprint density at radius 3 is 3.00 bits per heavy atom. The van der Waals surface area contributed by atoms with Crippen molar-refractivity contribution in [1.82, 2.24) is 5.32 Å². The summed E-state index contributed by atoms with van der Waals surface area (Å²) in [5.74, 6) is 0. The SMILES string of the molecule is CC1=CCC(N[C@@H](C)CO)CC1. The van der Waals surface area contributed by atoms with Gasteiger partial charge >= 0.3 is 0 Å². The lowest BCUT2D eigenvalue weighted by molar-refractivity contribution is 0.237. The van der Waals surface area contributed by atoms with Gasteiger partial charge in [-0.05, 0) is 33.1 Å². The Bertz CT molecular complexity index is 165. The molecule has 0 aromatic carbocycles. The molecule has 0 saturated heterocycles. The average molecular weight is 169 g/mol. The third kappa shape index (κ3) is 2.95. The van der Waals surface area contributed by atoms with E-state index in [0.29, 0.717) is 6.04 Å². The Morgan fingerprint density at radius 2 is 2.50 bits per heavy atom. The Balaban J connectivity index is 2.27. The van der Waals surface area contributed by atoms with Crippen molar-refractivity contribution in [2.24, 2.45) is 0 Å². The molecule has 1 unspecified atom stereocenters. The van der Waals surface area contributed by atoms with Gasteiger partial charge in [-0.1, -0.05) is 11.6 Å². The van der Waals surface area contributed by atoms with E-state index in [2.05, 4.69) is 18.3 Å². The van der Waals surface area contributed by atoms with Crippen molar-refractivity contribution < 1.29 is 5.11 Å². The highest BCUT2D eigenvalue weighted by atomic mass is 16.3. The zero-order valence-corrected chi connectivity index (χ0v) is 8.01. The van der Waals surface area contributed by atoms with Gasteiger partial charge in [-0.3, -0.25) is 0 Å². The van der Waals surface area contributed by atoms with Gasteiger partial charge in [0.05, 0.1) is 6.61 Å². The maximum absolute atomic E-state index is 8.84. The normalized spacial score (nSPS) is 26.6. The number of rotatable bonds is 3. The quantitative estimate of drug-likeness (QED) is 0.627. The molecular weight excluding hydrogens is 150 g/mol. The molecule has 2 heteroatoms. The number of aliphatic hydroxyl groups is 1. The van der Waals surface area contributed by atoms with Gasteiger partial charge in [0.2, 0.25) is 0 Å². The summed E-state index contributed by atoms with van der Waals surface area (Å²) in [7, 11) is 0. The van der Waals surface area contributed by atoms with Crippen molar-refractivity contribution >= 4 is 0 Å². The first-order valence-corrected chi connectivity index (χ1v) is 4.75. The zero-order valence-electron chi connectivity index (χ0n) is 8.01. The van der Waals surface area contributed by atoms with Crippen LogP contribution in [0.4, 0.5) is 0 Å². The lowest BCUT2D eigenvalue weighted by Gasteiger charge is -2.24. The molecule has 0 bridgehead atoms. The lowest BCUT2D eigenvalue weighted by Crippen LogP contribution is -2.39. The monoisotopic (exact) mass is 169 g/mol. The number of hydrogen-bond acceptors (Lipinski definition) is 2. The van der Waals surface area contributed by atoms with Crippen LogP contribution in [0.15, 0.2) is 11.6 Å². The van der Waals surface area contributed by atoms with Crippen molar-refractivity contribution in [1.29, 1.82) is 0 Å². The fourth-order valence-corrected chi connectivity index (χ4v) is 1.57. The Hall–Kier alpha value is -0.340. The van der Waals surface area contributed by atoms with Gasteiger partial charge in [0.15, 0.2) is 0 Å². The second kappa shape index (κ2) is 4.63. The molecule has 1 aliphatic carbocycles. The summed E-state index contributed by atoms with van der Waals surface area (Å²) in [6, 6.07) is 0.817. The summed E-state index contributed by atoms with van der Waals surface area (Å²) in [6.45, 7) is 4.44. The molecule has 0 amide bonds. The fourth-order valence-electron chi connectivity index (χ4n) is 1.57. The first kappa shape index (κ1) is 9.75. The van der Waals surface area contributed by atoms with Crippen LogP contribution in [-0.2, 0) is 0 Å². The van der Waals surface area contributed by atoms with Gasteiger partial charge in [-0.25, -0.2) is 0 Å². The molecule has 0 saturated carbocycles. The maximum atomic E-state index is 8.84. The van der Waals surface area contributed by atoms with E-state index in [1.165, 1.54) is 18.4 Å². The minimum Gasteiger partial charge on any atom is -0.395 e. The van der Waals surface area contributed by atoms with Crippen LogP contribution in [0.5, 0.6) is 0 Å². The van der Waals surface area contributed by atoms with E-state index < -0.39 is 0 Å². The first-order valence-electron chi connectivity index (χ1n) is 4.75. The second-order valence-corrected chi connectivity index (χ2v) is 3.77. The minimum absolute atomic E-state index is 0.235. The summed E-state index contributed by atoms with van der Waals surface area (Å²) < 4.78 is 0. The number of allylic oxidation sites excluding steroid dienone is 1. The zero-order chi connectivity index (χ0) is 8.97. The van der Waals surface area contributed by atoms with E-state index >= 15 is 0 Å². The van der Waals surface area contributed by atoms with Gasteiger partial charge in [0.1, 0.15) is 0 Å². The summed E-state index contributed by atoms with van der Waals surface area (Å²) in [6.07, 6.45) is 5.84. The van der Waals surface area contributed by atoms with Crippen molar-refractivity contribution in [3.05, 3.63) is 11.6 Å². The second-order valence-electron chi connectivity index (χ2n) is 3.77. The van der Waals surface area contributed by atoms with E-state index in [0.717, 1.165) is 6.42 Å². The van der Waals surface area contributed by atoms with E-state index in [9.17, 15) is 0 Å². The molecule has 0 aromatic rings. The van der Waals surface area contributed by atoms with Crippen LogP contribution < -0.4 is 5.32 Å². The standard InChI is InChI=1S/C10H19NO/c1-8-3-5-10(6-4-8)11-9(2)7-12/h3,9-12H,4-7H2,1-2H3/t9-,10?/m0/s1. The van der Waals surface area contributed by atoms with Crippen LogP contribution in [0, 0.1) is 0 Å². The molecule has 2 atom stereocenters. The summed E-state index contributed by atoms with van der Waals surface area (Å²) in [5.41, 5.74) is 1.50. The molecule has 2 nitrogen and oxygen atoms in total. The third-order valence-electron chi connectivity index (χ3n) is 2.43. The smallest absolute Gasteiger partial charge is 0.0582 e. The highest BCUT2D eigenvalue weighted by Gasteiger charge is 2.13. The Morgan fingerprint density at radius 1 is 1.75 bits per heavy atom. The van der Waals surface area contributed by atoms with Crippen molar-refractivity contribution in [3.8, 4) is 0 Å². The van der Waals surface area contributed by atoms with Crippen molar-refractivity contribution in [2.75, 3.05) is 6.61 Å². The Labute approximate surface area is 74.7 Å². The molecule has 70 valence electrons. The number of hydrogen-bond donors (Lipinski definition) is 2. The third-order valence-corrected chi connectivity index (χ3v) is 2.43. The van der Waals surface area contributed by atoms with Crippen LogP contribution in [0.2, 0.25) is 0 Å². The van der Waals surface area contributed by atoms with Gasteiger partial charge in [-0.15, -0.1) is 0 Å². The minimum atomic E-state index is 0.235. The lowest BCUT2D eigenvalue weighted by atomic mass is 9.96.